The van der Waals surface area contributed by atoms with E-state index in [0.29, 0.717) is 0 Å². The molecular weight excluding hydrogens is 158 g/mol. The molecule has 0 amide bonds. The number of ether oxygens (including phenoxy) is 1. The highest BCUT2D eigenvalue weighted by molar-refractivity contribution is 4.77. The molecule has 0 saturated heterocycles. The Morgan fingerprint density at radius 1 is 1.42 bits per heavy atom. The van der Waals surface area contributed by atoms with Crippen molar-refractivity contribution < 1.29 is 14.9 Å². The summed E-state index contributed by atoms with van der Waals surface area (Å²) in [5.74, 6) is -0.357. The van der Waals surface area contributed by atoms with Crippen molar-refractivity contribution in [1.82, 2.24) is 0 Å². The van der Waals surface area contributed by atoms with Crippen LogP contribution in [0, 0.1) is 5.92 Å². The third-order valence-electron chi connectivity index (χ3n) is 2.15. The van der Waals surface area contributed by atoms with E-state index in [-0.39, 0.29) is 18.1 Å². The Hall–Kier alpha value is -0.160. The molecule has 0 rings (SSSR count). The van der Waals surface area contributed by atoms with E-state index in [9.17, 15) is 0 Å². The van der Waals surface area contributed by atoms with Crippen LogP contribution in [-0.2, 0) is 4.74 Å². The minimum atomic E-state index is -1.37. The predicted molar refractivity (Wildman–Crippen MR) is 46.5 cm³/mol. The van der Waals surface area contributed by atoms with Gasteiger partial charge in [-0.15, -0.1) is 0 Å². The normalized spacial score (nSPS) is 19.2. The highest BCUT2D eigenvalue weighted by Crippen LogP contribution is 2.14. The summed E-state index contributed by atoms with van der Waals surface area (Å²) in [4.78, 5) is 0. The molecule has 4 heteroatoms. The number of hydrogen-bond donors (Lipinski definition) is 3. The van der Waals surface area contributed by atoms with Crippen molar-refractivity contribution in [3.8, 4) is 0 Å². The predicted octanol–water partition coefficient (Wildman–Crippen LogP) is -0.315. The highest BCUT2D eigenvalue weighted by atomic mass is 16.5. The molecule has 4 N–H and O–H groups in total. The standard InChI is InChI=1S/C8H19NO3/c1-4-6(9)7(12-3)5(2)8(10)11/h5-8,10-11H,4,9H2,1-3H3. The minimum absolute atomic E-state index is 0.146. The summed E-state index contributed by atoms with van der Waals surface area (Å²) in [5, 5.41) is 17.8. The topological polar surface area (TPSA) is 75.7 Å². The summed E-state index contributed by atoms with van der Waals surface area (Å²) in [6, 6.07) is -0.146. The van der Waals surface area contributed by atoms with Crippen molar-refractivity contribution in [2.45, 2.75) is 38.7 Å². The summed E-state index contributed by atoms with van der Waals surface area (Å²) < 4.78 is 5.08. The largest absolute Gasteiger partial charge is 0.379 e. The molecule has 3 unspecified atom stereocenters. The summed E-state index contributed by atoms with van der Waals surface area (Å²) >= 11 is 0. The molecule has 0 aromatic carbocycles. The maximum atomic E-state index is 8.89. The van der Waals surface area contributed by atoms with E-state index in [1.807, 2.05) is 6.92 Å². The van der Waals surface area contributed by atoms with Gasteiger partial charge in [-0.05, 0) is 6.42 Å². The molecule has 12 heavy (non-hydrogen) atoms. The highest BCUT2D eigenvalue weighted by Gasteiger charge is 2.26. The zero-order valence-electron chi connectivity index (χ0n) is 7.90. The van der Waals surface area contributed by atoms with Gasteiger partial charge in [0.2, 0.25) is 0 Å². The Labute approximate surface area is 73.3 Å². The third kappa shape index (κ3) is 3.06. The third-order valence-corrected chi connectivity index (χ3v) is 2.15. The smallest absolute Gasteiger partial charge is 0.156 e. The molecule has 4 nitrogen and oxygen atoms in total. The average molecular weight is 177 g/mol. The average Bonchev–Trinajstić information content (AvgIpc) is 2.05. The lowest BCUT2D eigenvalue weighted by Gasteiger charge is -2.28. The van der Waals surface area contributed by atoms with E-state index < -0.39 is 6.29 Å². The van der Waals surface area contributed by atoms with E-state index in [1.54, 1.807) is 6.92 Å². The lowest BCUT2D eigenvalue weighted by Crippen LogP contribution is -2.44. The number of methoxy groups -OCH3 is 1. The van der Waals surface area contributed by atoms with E-state index in [0.717, 1.165) is 6.42 Å². The number of aliphatic hydroxyl groups is 2. The zero-order chi connectivity index (χ0) is 9.72. The fourth-order valence-corrected chi connectivity index (χ4v) is 1.18. The van der Waals surface area contributed by atoms with E-state index >= 15 is 0 Å². The van der Waals surface area contributed by atoms with Gasteiger partial charge in [-0.25, -0.2) is 0 Å². The molecule has 0 saturated carbocycles. The monoisotopic (exact) mass is 177 g/mol. The van der Waals surface area contributed by atoms with Crippen LogP contribution >= 0.6 is 0 Å². The van der Waals surface area contributed by atoms with Crippen LogP contribution < -0.4 is 5.73 Å². The Bertz CT molecular complexity index is 119. The van der Waals surface area contributed by atoms with Crippen molar-refractivity contribution in [2.24, 2.45) is 11.7 Å². The van der Waals surface area contributed by atoms with Crippen LogP contribution in [0.2, 0.25) is 0 Å². The summed E-state index contributed by atoms with van der Waals surface area (Å²) in [6.45, 7) is 3.64. The van der Waals surface area contributed by atoms with Crippen molar-refractivity contribution in [1.29, 1.82) is 0 Å². The molecule has 0 aromatic heterocycles. The molecule has 0 heterocycles. The van der Waals surface area contributed by atoms with Crippen LogP contribution in [0.5, 0.6) is 0 Å². The molecule has 0 aromatic rings. The van der Waals surface area contributed by atoms with Crippen molar-refractivity contribution in [3.63, 3.8) is 0 Å². The number of aliphatic hydroxyl groups excluding tert-OH is 1. The molecule has 0 fully saturated rings. The first-order chi connectivity index (χ1) is 5.54. The van der Waals surface area contributed by atoms with Crippen LogP contribution in [0.25, 0.3) is 0 Å². The Morgan fingerprint density at radius 3 is 2.17 bits per heavy atom. The molecular formula is C8H19NO3. The fourth-order valence-electron chi connectivity index (χ4n) is 1.18. The van der Waals surface area contributed by atoms with Gasteiger partial charge < -0.3 is 20.7 Å². The van der Waals surface area contributed by atoms with Gasteiger partial charge in [0.15, 0.2) is 6.29 Å². The van der Waals surface area contributed by atoms with Crippen molar-refractivity contribution in [2.75, 3.05) is 7.11 Å². The first kappa shape index (κ1) is 11.8. The van der Waals surface area contributed by atoms with Crippen LogP contribution in [0.1, 0.15) is 20.3 Å². The van der Waals surface area contributed by atoms with Crippen molar-refractivity contribution in [3.05, 3.63) is 0 Å². The van der Waals surface area contributed by atoms with E-state index in [1.165, 1.54) is 7.11 Å². The second-order valence-electron chi connectivity index (χ2n) is 3.05. The lowest BCUT2D eigenvalue weighted by atomic mass is 9.96. The Morgan fingerprint density at radius 2 is 1.92 bits per heavy atom. The second kappa shape index (κ2) is 5.48. The Balaban J connectivity index is 4.13. The maximum Gasteiger partial charge on any atom is 0.156 e. The van der Waals surface area contributed by atoms with Crippen LogP contribution in [0.3, 0.4) is 0 Å². The first-order valence-electron chi connectivity index (χ1n) is 4.19. The lowest BCUT2D eigenvalue weighted by molar-refractivity contribution is -0.123. The molecule has 74 valence electrons. The molecule has 0 radical (unpaired) electrons. The van der Waals surface area contributed by atoms with Crippen LogP contribution in [0.15, 0.2) is 0 Å². The molecule has 0 bridgehead atoms. The van der Waals surface area contributed by atoms with Gasteiger partial charge in [0, 0.05) is 19.1 Å². The van der Waals surface area contributed by atoms with Crippen LogP contribution in [0.4, 0.5) is 0 Å². The van der Waals surface area contributed by atoms with Gasteiger partial charge in [-0.1, -0.05) is 13.8 Å². The van der Waals surface area contributed by atoms with Gasteiger partial charge in [0.05, 0.1) is 6.10 Å². The summed E-state index contributed by atoms with van der Waals surface area (Å²) in [7, 11) is 1.53. The Kier molecular flexibility index (Phi) is 5.41. The molecule has 0 aliphatic rings. The second-order valence-corrected chi connectivity index (χ2v) is 3.05. The zero-order valence-corrected chi connectivity index (χ0v) is 7.90. The fraction of sp³-hybridized carbons (Fsp3) is 1.00. The number of nitrogens with two attached hydrogens (primary N) is 1. The van der Waals surface area contributed by atoms with Crippen molar-refractivity contribution >= 4 is 0 Å². The minimum Gasteiger partial charge on any atom is -0.379 e. The number of hydrogen-bond acceptors (Lipinski definition) is 4. The summed E-state index contributed by atoms with van der Waals surface area (Å²) in [6.07, 6.45) is -0.905. The first-order valence-corrected chi connectivity index (χ1v) is 4.19. The van der Waals surface area contributed by atoms with Crippen LogP contribution in [-0.4, -0.2) is 35.8 Å². The number of rotatable bonds is 5. The molecule has 0 aliphatic heterocycles. The quantitative estimate of drug-likeness (QED) is 0.503. The van der Waals surface area contributed by atoms with Gasteiger partial charge in [0.1, 0.15) is 0 Å². The molecule has 0 spiro atoms. The van der Waals surface area contributed by atoms with Gasteiger partial charge >= 0.3 is 0 Å². The van der Waals surface area contributed by atoms with E-state index in [2.05, 4.69) is 0 Å². The van der Waals surface area contributed by atoms with Gasteiger partial charge in [-0.3, -0.25) is 0 Å². The van der Waals surface area contributed by atoms with E-state index in [4.69, 9.17) is 20.7 Å². The molecule has 3 atom stereocenters. The summed E-state index contributed by atoms with van der Waals surface area (Å²) in [5.41, 5.74) is 5.72. The molecule has 0 aliphatic carbocycles. The SMILES string of the molecule is CCC(N)C(OC)C(C)C(O)O. The van der Waals surface area contributed by atoms with Gasteiger partial charge in [-0.2, -0.15) is 0 Å². The van der Waals surface area contributed by atoms with Gasteiger partial charge in [0.25, 0.3) is 0 Å². The maximum absolute atomic E-state index is 8.89.